The Morgan fingerprint density at radius 3 is 2.92 bits per heavy atom. The van der Waals surface area contributed by atoms with E-state index in [1.165, 1.54) is 10.1 Å². The molecular weight excluding hydrogens is 322 g/mol. The third kappa shape index (κ3) is 2.97. The van der Waals surface area contributed by atoms with E-state index in [0.717, 1.165) is 23.5 Å². The van der Waals surface area contributed by atoms with Gasteiger partial charge in [0.15, 0.2) is 0 Å². The largest absolute Gasteiger partial charge is 0.474 e. The molecule has 0 N–H and O–H groups in total. The third-order valence-corrected chi connectivity index (χ3v) is 5.22. The van der Waals surface area contributed by atoms with Gasteiger partial charge in [0.2, 0.25) is 11.8 Å². The first kappa shape index (κ1) is 15.1. The molecule has 6 heteroatoms. The first-order valence-electron chi connectivity index (χ1n) is 8.02. The molecule has 0 bridgehead atoms. The summed E-state index contributed by atoms with van der Waals surface area (Å²) in [6, 6.07) is 10.4. The van der Waals surface area contributed by atoms with Crippen LogP contribution in [0.15, 0.2) is 42.7 Å². The minimum absolute atomic E-state index is 0.211. The molecule has 1 amide bonds. The molecular formula is C18H17N3O2S. The van der Waals surface area contributed by atoms with E-state index >= 15 is 0 Å². The second kappa shape index (κ2) is 6.57. The molecule has 5 nitrogen and oxygen atoms in total. The molecule has 1 aromatic carbocycles. The van der Waals surface area contributed by atoms with Crippen molar-refractivity contribution in [2.24, 2.45) is 0 Å². The lowest BCUT2D eigenvalue weighted by molar-refractivity contribution is -0.128. The number of benzene rings is 1. The Hall–Kier alpha value is -2.47. The van der Waals surface area contributed by atoms with E-state index in [9.17, 15) is 4.79 Å². The summed E-state index contributed by atoms with van der Waals surface area (Å²) in [6.07, 6.45) is 4.90. The van der Waals surface area contributed by atoms with Crippen LogP contribution in [0, 0.1) is 0 Å². The molecule has 1 fully saturated rings. The van der Waals surface area contributed by atoms with Crippen LogP contribution in [0.25, 0.3) is 20.7 Å². The Morgan fingerprint density at radius 1 is 1.21 bits per heavy atom. The summed E-state index contributed by atoms with van der Waals surface area (Å²) in [6.45, 7) is 1.86. The lowest BCUT2D eigenvalue weighted by atomic mass is 10.2. The summed E-state index contributed by atoms with van der Waals surface area (Å²) in [5.74, 6) is 0.734. The van der Waals surface area contributed by atoms with Gasteiger partial charge < -0.3 is 9.64 Å². The molecule has 0 radical (unpaired) electrons. The Balaban J connectivity index is 1.53. The summed E-state index contributed by atoms with van der Waals surface area (Å²) in [4.78, 5) is 23.3. The van der Waals surface area contributed by atoms with Crippen molar-refractivity contribution in [1.82, 2.24) is 14.9 Å². The third-order valence-electron chi connectivity index (χ3n) is 4.09. The first-order chi connectivity index (χ1) is 11.8. The number of carbonyl (C=O) groups excluding carboxylic acids is 1. The summed E-state index contributed by atoms with van der Waals surface area (Å²) < 4.78 is 7.05. The minimum Gasteiger partial charge on any atom is -0.474 e. The van der Waals surface area contributed by atoms with Crippen LogP contribution in [0.3, 0.4) is 0 Å². The first-order valence-corrected chi connectivity index (χ1v) is 8.83. The zero-order valence-corrected chi connectivity index (χ0v) is 14.0. The number of rotatable bonds is 5. The SMILES string of the molecule is O=C1CCCN1CCOc1nccnc1-c1cc2ccccc2s1. The molecule has 3 aromatic rings. The number of ether oxygens (including phenoxy) is 1. The Morgan fingerprint density at radius 2 is 2.08 bits per heavy atom. The van der Waals surface area contributed by atoms with Crippen molar-refractivity contribution in [1.29, 1.82) is 0 Å². The number of amides is 1. The molecule has 0 unspecified atom stereocenters. The molecule has 24 heavy (non-hydrogen) atoms. The average Bonchev–Trinajstić information content (AvgIpc) is 3.21. The van der Waals surface area contributed by atoms with E-state index in [-0.39, 0.29) is 5.91 Å². The van der Waals surface area contributed by atoms with Crippen molar-refractivity contribution in [3.8, 4) is 16.5 Å². The molecule has 1 saturated heterocycles. The van der Waals surface area contributed by atoms with Crippen LogP contribution >= 0.6 is 11.3 Å². The molecule has 3 heterocycles. The van der Waals surface area contributed by atoms with Gasteiger partial charge in [0.1, 0.15) is 12.3 Å². The Labute approximate surface area is 143 Å². The highest BCUT2D eigenvalue weighted by molar-refractivity contribution is 7.22. The van der Waals surface area contributed by atoms with Gasteiger partial charge in [0, 0.05) is 30.1 Å². The molecule has 4 rings (SSSR count). The highest BCUT2D eigenvalue weighted by atomic mass is 32.1. The predicted octanol–water partition coefficient (Wildman–Crippen LogP) is 3.36. The molecule has 1 aliphatic rings. The van der Waals surface area contributed by atoms with Gasteiger partial charge in [-0.15, -0.1) is 11.3 Å². The number of thiophene rings is 1. The van der Waals surface area contributed by atoms with Gasteiger partial charge in [-0.1, -0.05) is 18.2 Å². The minimum atomic E-state index is 0.211. The smallest absolute Gasteiger partial charge is 0.241 e. The lowest BCUT2D eigenvalue weighted by Gasteiger charge is -2.15. The zero-order chi connectivity index (χ0) is 16.4. The summed E-state index contributed by atoms with van der Waals surface area (Å²) in [5.41, 5.74) is 0.756. The maximum atomic E-state index is 11.6. The Kier molecular flexibility index (Phi) is 4.13. The van der Waals surface area contributed by atoms with E-state index < -0.39 is 0 Å². The fourth-order valence-corrected chi connectivity index (χ4v) is 3.94. The van der Waals surface area contributed by atoms with Crippen LogP contribution < -0.4 is 4.74 Å². The summed E-state index contributed by atoms with van der Waals surface area (Å²) in [5, 5.41) is 1.19. The number of hydrogen-bond acceptors (Lipinski definition) is 5. The van der Waals surface area contributed by atoms with Crippen molar-refractivity contribution >= 4 is 27.3 Å². The molecule has 0 saturated carbocycles. The van der Waals surface area contributed by atoms with E-state index in [2.05, 4.69) is 28.2 Å². The normalized spacial score (nSPS) is 14.5. The maximum absolute atomic E-state index is 11.6. The van der Waals surface area contributed by atoms with Crippen molar-refractivity contribution in [2.45, 2.75) is 12.8 Å². The van der Waals surface area contributed by atoms with Crippen LogP contribution in [0.2, 0.25) is 0 Å². The maximum Gasteiger partial charge on any atom is 0.241 e. The summed E-state index contributed by atoms with van der Waals surface area (Å²) in [7, 11) is 0. The fraction of sp³-hybridized carbons (Fsp3) is 0.278. The van der Waals surface area contributed by atoms with Gasteiger partial charge in [0.05, 0.1) is 11.4 Å². The fourth-order valence-electron chi connectivity index (χ4n) is 2.89. The van der Waals surface area contributed by atoms with E-state index in [1.54, 1.807) is 23.7 Å². The molecule has 2 aromatic heterocycles. The topological polar surface area (TPSA) is 55.3 Å². The summed E-state index contributed by atoms with van der Waals surface area (Å²) >= 11 is 1.68. The van der Waals surface area contributed by atoms with Gasteiger partial charge in [-0.2, -0.15) is 0 Å². The zero-order valence-electron chi connectivity index (χ0n) is 13.1. The Bertz CT molecular complexity index is 844. The van der Waals surface area contributed by atoms with Crippen molar-refractivity contribution in [2.75, 3.05) is 19.7 Å². The van der Waals surface area contributed by atoms with Gasteiger partial charge in [-0.3, -0.25) is 4.79 Å². The number of nitrogens with zero attached hydrogens (tertiary/aromatic N) is 3. The highest BCUT2D eigenvalue weighted by Crippen LogP contribution is 2.35. The highest BCUT2D eigenvalue weighted by Gasteiger charge is 2.20. The van der Waals surface area contributed by atoms with Crippen molar-refractivity contribution in [3.05, 3.63) is 42.7 Å². The van der Waals surface area contributed by atoms with E-state index in [4.69, 9.17) is 4.74 Å². The second-order valence-electron chi connectivity index (χ2n) is 5.69. The number of hydrogen-bond donors (Lipinski definition) is 0. The molecule has 0 aliphatic carbocycles. The number of fused-ring (bicyclic) bond motifs is 1. The molecule has 122 valence electrons. The predicted molar refractivity (Wildman–Crippen MR) is 94.2 cm³/mol. The van der Waals surface area contributed by atoms with Crippen LogP contribution in [-0.4, -0.2) is 40.5 Å². The standard InChI is InChI=1S/C18H17N3O2S/c22-16-6-3-9-21(16)10-11-23-18-17(19-7-8-20-18)15-12-13-4-1-2-5-14(13)24-15/h1-2,4-5,7-8,12H,3,6,9-11H2. The molecule has 0 atom stereocenters. The van der Waals surface area contributed by atoms with Gasteiger partial charge >= 0.3 is 0 Å². The average molecular weight is 339 g/mol. The van der Waals surface area contributed by atoms with Crippen LogP contribution in [0.4, 0.5) is 0 Å². The molecule has 1 aliphatic heterocycles. The lowest BCUT2D eigenvalue weighted by Crippen LogP contribution is -2.29. The second-order valence-corrected chi connectivity index (χ2v) is 6.78. The molecule has 0 spiro atoms. The van der Waals surface area contributed by atoms with Crippen LogP contribution in [0.1, 0.15) is 12.8 Å². The number of carbonyl (C=O) groups is 1. The van der Waals surface area contributed by atoms with Gasteiger partial charge in [-0.25, -0.2) is 9.97 Å². The quantitative estimate of drug-likeness (QED) is 0.715. The number of aromatic nitrogens is 2. The van der Waals surface area contributed by atoms with Gasteiger partial charge in [0.25, 0.3) is 0 Å². The monoisotopic (exact) mass is 339 g/mol. The van der Waals surface area contributed by atoms with Crippen molar-refractivity contribution in [3.63, 3.8) is 0 Å². The van der Waals surface area contributed by atoms with E-state index in [0.29, 0.717) is 25.5 Å². The van der Waals surface area contributed by atoms with Gasteiger partial charge in [-0.05, 0) is 23.9 Å². The van der Waals surface area contributed by atoms with Crippen LogP contribution in [0.5, 0.6) is 5.88 Å². The van der Waals surface area contributed by atoms with Crippen molar-refractivity contribution < 1.29 is 9.53 Å². The van der Waals surface area contributed by atoms with Crippen LogP contribution in [-0.2, 0) is 4.79 Å². The van der Waals surface area contributed by atoms with E-state index in [1.807, 2.05) is 17.0 Å². The number of likely N-dealkylation sites (tertiary alicyclic amines) is 1.